The van der Waals surface area contributed by atoms with Crippen LogP contribution < -0.4 is 19.6 Å². The van der Waals surface area contributed by atoms with Crippen molar-refractivity contribution in [2.45, 2.75) is 25.4 Å². The molecule has 1 aromatic heterocycles. The molecule has 1 fully saturated rings. The van der Waals surface area contributed by atoms with Crippen molar-refractivity contribution < 1.29 is 19.0 Å². The zero-order chi connectivity index (χ0) is 17.4. The third-order valence-electron chi connectivity index (χ3n) is 4.37. The van der Waals surface area contributed by atoms with Gasteiger partial charge in [0.1, 0.15) is 5.69 Å². The Hall–Kier alpha value is -2.96. The molecule has 1 aliphatic heterocycles. The molecular weight excluding hydrogens is 324 g/mol. The summed E-state index contributed by atoms with van der Waals surface area (Å²) < 4.78 is 15.7. The molecule has 0 atom stereocenters. The van der Waals surface area contributed by atoms with Crippen molar-refractivity contribution in [1.82, 2.24) is 9.88 Å². The van der Waals surface area contributed by atoms with Gasteiger partial charge in [0.15, 0.2) is 17.2 Å². The van der Waals surface area contributed by atoms with E-state index in [1.165, 1.54) is 19.4 Å². The number of carbonyl (C=O) groups is 1. The quantitative estimate of drug-likeness (QED) is 0.898. The van der Waals surface area contributed by atoms with Gasteiger partial charge in [0, 0.05) is 24.8 Å². The Labute approximate surface area is 144 Å². The zero-order valence-electron chi connectivity index (χ0n) is 13.8. The number of aromatic nitrogens is 1. The second-order valence-corrected chi connectivity index (χ2v) is 6.13. The van der Waals surface area contributed by atoms with Crippen LogP contribution in [0.15, 0.2) is 35.3 Å². The molecule has 7 nitrogen and oxygen atoms in total. The first kappa shape index (κ1) is 15.6. The van der Waals surface area contributed by atoms with E-state index in [2.05, 4.69) is 4.98 Å². The number of carbonyl (C=O) groups excluding carboxylic acids is 1. The fourth-order valence-electron chi connectivity index (χ4n) is 2.88. The second kappa shape index (κ2) is 6.16. The van der Waals surface area contributed by atoms with Crippen LogP contribution in [0.3, 0.4) is 0 Å². The molecule has 2 aliphatic rings. The number of hydrogen-bond donors (Lipinski definition) is 1. The van der Waals surface area contributed by atoms with E-state index in [4.69, 9.17) is 14.2 Å². The SMILES string of the molecule is COc1c[nH]c(C(=O)N(Cc2ccc3c(c2)OCO3)C2CC2)cc1=O. The first-order chi connectivity index (χ1) is 12.2. The molecule has 7 heteroatoms. The van der Waals surface area contributed by atoms with Crippen LogP contribution in [0.2, 0.25) is 0 Å². The number of methoxy groups -OCH3 is 1. The van der Waals surface area contributed by atoms with Crippen molar-refractivity contribution >= 4 is 5.91 Å². The molecule has 1 amide bonds. The molecule has 0 radical (unpaired) electrons. The molecule has 0 spiro atoms. The lowest BCUT2D eigenvalue weighted by atomic mass is 10.1. The number of nitrogens with one attached hydrogen (secondary N) is 1. The van der Waals surface area contributed by atoms with Gasteiger partial charge in [0.05, 0.1) is 7.11 Å². The van der Waals surface area contributed by atoms with E-state index in [1.807, 2.05) is 18.2 Å². The molecule has 1 aliphatic carbocycles. The number of hydrogen-bond acceptors (Lipinski definition) is 5. The summed E-state index contributed by atoms with van der Waals surface area (Å²) in [4.78, 5) is 29.4. The van der Waals surface area contributed by atoms with Crippen molar-refractivity contribution in [3.05, 3.63) is 51.9 Å². The van der Waals surface area contributed by atoms with Crippen LogP contribution in [0.4, 0.5) is 0 Å². The van der Waals surface area contributed by atoms with Crippen molar-refractivity contribution in [3.63, 3.8) is 0 Å². The maximum Gasteiger partial charge on any atom is 0.270 e. The summed E-state index contributed by atoms with van der Waals surface area (Å²) >= 11 is 0. The minimum atomic E-state index is -0.316. The van der Waals surface area contributed by atoms with E-state index in [0.717, 1.165) is 18.4 Å². The predicted octanol–water partition coefficient (Wildman–Crippen LogP) is 1.92. The van der Waals surface area contributed by atoms with Crippen molar-refractivity contribution in [2.24, 2.45) is 0 Å². The Kier molecular flexibility index (Phi) is 3.83. The van der Waals surface area contributed by atoms with Crippen LogP contribution in [0.25, 0.3) is 0 Å². The third-order valence-corrected chi connectivity index (χ3v) is 4.37. The molecule has 0 bridgehead atoms. The van der Waals surface area contributed by atoms with Crippen molar-refractivity contribution in [1.29, 1.82) is 0 Å². The fourth-order valence-corrected chi connectivity index (χ4v) is 2.88. The number of aromatic amines is 1. The third kappa shape index (κ3) is 3.05. The number of amides is 1. The Bertz CT molecular complexity index is 872. The van der Waals surface area contributed by atoms with Gasteiger partial charge in [-0.15, -0.1) is 0 Å². The molecule has 0 saturated heterocycles. The van der Waals surface area contributed by atoms with Crippen LogP contribution in [0.1, 0.15) is 28.9 Å². The highest BCUT2D eigenvalue weighted by atomic mass is 16.7. The van der Waals surface area contributed by atoms with Gasteiger partial charge in [-0.3, -0.25) is 9.59 Å². The topological polar surface area (TPSA) is 80.9 Å². The smallest absolute Gasteiger partial charge is 0.270 e. The van der Waals surface area contributed by atoms with E-state index in [0.29, 0.717) is 18.0 Å². The van der Waals surface area contributed by atoms with Gasteiger partial charge in [-0.25, -0.2) is 0 Å². The van der Waals surface area contributed by atoms with Crippen molar-refractivity contribution in [3.8, 4) is 17.2 Å². The number of pyridine rings is 1. The van der Waals surface area contributed by atoms with Gasteiger partial charge in [0.2, 0.25) is 12.2 Å². The van der Waals surface area contributed by atoms with Crippen LogP contribution in [-0.2, 0) is 6.54 Å². The molecule has 25 heavy (non-hydrogen) atoms. The fraction of sp³-hybridized carbons (Fsp3) is 0.333. The molecule has 0 unspecified atom stereocenters. The van der Waals surface area contributed by atoms with E-state index in [1.54, 1.807) is 4.90 Å². The Balaban J connectivity index is 1.58. The van der Waals surface area contributed by atoms with Gasteiger partial charge < -0.3 is 24.1 Å². The molecule has 2 aromatic rings. The predicted molar refractivity (Wildman–Crippen MR) is 89.1 cm³/mol. The minimum Gasteiger partial charge on any atom is -0.491 e. The van der Waals surface area contributed by atoms with Gasteiger partial charge in [0.25, 0.3) is 5.91 Å². The summed E-state index contributed by atoms with van der Waals surface area (Å²) in [7, 11) is 1.42. The van der Waals surface area contributed by atoms with Crippen LogP contribution in [-0.4, -0.2) is 35.7 Å². The number of H-pyrrole nitrogens is 1. The number of rotatable bonds is 5. The maximum atomic E-state index is 12.9. The normalized spacial score (nSPS) is 15.1. The lowest BCUT2D eigenvalue weighted by molar-refractivity contribution is 0.0723. The highest BCUT2D eigenvalue weighted by molar-refractivity contribution is 5.92. The Morgan fingerprint density at radius 3 is 2.80 bits per heavy atom. The summed E-state index contributed by atoms with van der Waals surface area (Å²) in [5, 5.41) is 0. The largest absolute Gasteiger partial charge is 0.491 e. The van der Waals surface area contributed by atoms with Gasteiger partial charge in [-0.2, -0.15) is 0 Å². The molecule has 1 saturated carbocycles. The summed E-state index contributed by atoms with van der Waals surface area (Å²) in [5.41, 5.74) is 0.905. The molecule has 2 heterocycles. The van der Waals surface area contributed by atoms with Crippen LogP contribution in [0, 0.1) is 0 Å². The standard InChI is InChI=1S/C18H18N2O5/c1-23-17-8-19-13(7-14(17)21)18(22)20(12-3-4-12)9-11-2-5-15-16(6-11)25-10-24-15/h2,5-8,12H,3-4,9-10H2,1H3,(H,19,21). The maximum absolute atomic E-state index is 12.9. The number of benzene rings is 1. The molecule has 1 N–H and O–H groups in total. The van der Waals surface area contributed by atoms with E-state index in [-0.39, 0.29) is 35.6 Å². The first-order valence-corrected chi connectivity index (χ1v) is 8.12. The molecular formula is C18H18N2O5. The van der Waals surface area contributed by atoms with E-state index in [9.17, 15) is 9.59 Å². The van der Waals surface area contributed by atoms with Crippen LogP contribution >= 0.6 is 0 Å². The summed E-state index contributed by atoms with van der Waals surface area (Å²) in [6.45, 7) is 0.672. The van der Waals surface area contributed by atoms with Gasteiger partial charge >= 0.3 is 0 Å². The number of nitrogens with zero attached hydrogens (tertiary/aromatic N) is 1. The first-order valence-electron chi connectivity index (χ1n) is 8.12. The minimum absolute atomic E-state index is 0.185. The van der Waals surface area contributed by atoms with Gasteiger partial charge in [-0.1, -0.05) is 6.07 Å². The Morgan fingerprint density at radius 1 is 1.28 bits per heavy atom. The lowest BCUT2D eigenvalue weighted by Gasteiger charge is -2.22. The lowest BCUT2D eigenvalue weighted by Crippen LogP contribution is -2.33. The molecule has 130 valence electrons. The summed E-state index contributed by atoms with van der Waals surface area (Å²) in [6, 6.07) is 7.15. The molecule has 4 rings (SSSR count). The zero-order valence-corrected chi connectivity index (χ0v) is 13.8. The highest BCUT2D eigenvalue weighted by Crippen LogP contribution is 2.34. The van der Waals surface area contributed by atoms with Crippen LogP contribution in [0.5, 0.6) is 17.2 Å². The number of ether oxygens (including phenoxy) is 3. The summed E-state index contributed by atoms with van der Waals surface area (Å²) in [5.74, 6) is 1.40. The van der Waals surface area contributed by atoms with Gasteiger partial charge in [-0.05, 0) is 30.5 Å². The van der Waals surface area contributed by atoms with E-state index >= 15 is 0 Å². The highest BCUT2D eigenvalue weighted by Gasteiger charge is 2.33. The number of fused-ring (bicyclic) bond motifs is 1. The average Bonchev–Trinajstić information content (AvgIpc) is 3.36. The second-order valence-electron chi connectivity index (χ2n) is 6.13. The Morgan fingerprint density at radius 2 is 2.08 bits per heavy atom. The molecule has 1 aromatic carbocycles. The monoisotopic (exact) mass is 342 g/mol. The van der Waals surface area contributed by atoms with E-state index < -0.39 is 0 Å². The van der Waals surface area contributed by atoms with Crippen molar-refractivity contribution in [2.75, 3.05) is 13.9 Å². The average molecular weight is 342 g/mol. The summed E-state index contributed by atoms with van der Waals surface area (Å²) in [6.07, 6.45) is 3.36.